The quantitative estimate of drug-likeness (QED) is 0.762. The number of rotatable bonds is 4. The summed E-state index contributed by atoms with van der Waals surface area (Å²) in [6.07, 6.45) is 0.433. The zero-order chi connectivity index (χ0) is 18.1. The van der Waals surface area contributed by atoms with E-state index >= 15 is 0 Å². The van der Waals surface area contributed by atoms with Crippen molar-refractivity contribution < 1.29 is 14.3 Å². The van der Waals surface area contributed by atoms with Crippen molar-refractivity contribution in [2.24, 2.45) is 0 Å². The molecular weight excluding hydrogens is 365 g/mol. The Morgan fingerprint density at radius 1 is 1.20 bits per heavy atom. The second kappa shape index (κ2) is 7.02. The van der Waals surface area contributed by atoms with E-state index in [2.05, 4.69) is 0 Å². The van der Waals surface area contributed by atoms with Crippen molar-refractivity contribution in [1.82, 2.24) is 4.57 Å². The number of hydrogen-bond acceptors (Lipinski definition) is 4. The largest absolute Gasteiger partial charge is 0.462 e. The molecule has 0 fully saturated rings. The standard InChI is InChI=1S/C18H15Cl2NO4/c1-2-25-18(24)13-8-11(7-10-3-4-12(19)9-14(10)20)17(23)21-6-5-15(22)16(13)21/h3-4,8-9H,2,5-7H2,1H3. The molecule has 0 saturated carbocycles. The predicted molar refractivity (Wildman–Crippen MR) is 94.9 cm³/mol. The molecule has 0 spiro atoms. The Hall–Kier alpha value is -2.11. The zero-order valence-corrected chi connectivity index (χ0v) is 15.0. The minimum absolute atomic E-state index is 0.129. The Balaban J connectivity index is 2.11. The highest BCUT2D eigenvalue weighted by Gasteiger charge is 2.29. The summed E-state index contributed by atoms with van der Waals surface area (Å²) in [6.45, 7) is 2.13. The number of pyridine rings is 1. The topological polar surface area (TPSA) is 65.4 Å². The molecule has 0 aliphatic carbocycles. The Kier molecular flexibility index (Phi) is 4.97. The van der Waals surface area contributed by atoms with Crippen molar-refractivity contribution in [1.29, 1.82) is 0 Å². The van der Waals surface area contributed by atoms with Gasteiger partial charge in [0.15, 0.2) is 5.78 Å². The lowest BCUT2D eigenvalue weighted by Gasteiger charge is -2.12. The molecule has 1 aliphatic heterocycles. The van der Waals surface area contributed by atoms with E-state index in [1.807, 2.05) is 0 Å². The molecule has 2 aromatic rings. The van der Waals surface area contributed by atoms with Crippen LogP contribution in [0.3, 0.4) is 0 Å². The molecule has 2 heterocycles. The summed E-state index contributed by atoms with van der Waals surface area (Å²) in [5, 5.41) is 0.934. The normalized spacial score (nSPS) is 13.0. The van der Waals surface area contributed by atoms with Crippen molar-refractivity contribution in [3.8, 4) is 0 Å². The number of esters is 1. The highest BCUT2D eigenvalue weighted by atomic mass is 35.5. The van der Waals surface area contributed by atoms with Crippen molar-refractivity contribution in [2.45, 2.75) is 26.3 Å². The van der Waals surface area contributed by atoms with Gasteiger partial charge < -0.3 is 9.30 Å². The number of hydrogen-bond donors (Lipinski definition) is 0. The molecule has 1 aromatic carbocycles. The molecule has 5 nitrogen and oxygen atoms in total. The van der Waals surface area contributed by atoms with Gasteiger partial charge in [-0.2, -0.15) is 0 Å². The summed E-state index contributed by atoms with van der Waals surface area (Å²) >= 11 is 12.1. The van der Waals surface area contributed by atoms with Crippen molar-refractivity contribution in [3.63, 3.8) is 0 Å². The van der Waals surface area contributed by atoms with Crippen LogP contribution < -0.4 is 5.56 Å². The van der Waals surface area contributed by atoms with E-state index in [1.165, 1.54) is 10.6 Å². The molecule has 0 N–H and O–H groups in total. The third kappa shape index (κ3) is 3.34. The van der Waals surface area contributed by atoms with E-state index in [9.17, 15) is 14.4 Å². The van der Waals surface area contributed by atoms with Gasteiger partial charge in [0.1, 0.15) is 5.69 Å². The third-order valence-electron chi connectivity index (χ3n) is 4.08. The Labute approximate surface area is 154 Å². The van der Waals surface area contributed by atoms with Gasteiger partial charge in [-0.15, -0.1) is 0 Å². The van der Waals surface area contributed by atoms with E-state index in [4.69, 9.17) is 27.9 Å². The van der Waals surface area contributed by atoms with Gasteiger partial charge in [0.25, 0.3) is 5.56 Å². The van der Waals surface area contributed by atoms with Crippen LogP contribution >= 0.6 is 23.2 Å². The fraction of sp³-hybridized carbons (Fsp3) is 0.278. The van der Waals surface area contributed by atoms with Crippen LogP contribution in [0.1, 0.15) is 45.3 Å². The molecule has 1 aromatic heterocycles. The summed E-state index contributed by atoms with van der Waals surface area (Å²) in [7, 11) is 0. The van der Waals surface area contributed by atoms with Gasteiger partial charge in [-0.1, -0.05) is 29.3 Å². The number of benzene rings is 1. The fourth-order valence-corrected chi connectivity index (χ4v) is 3.41. The van der Waals surface area contributed by atoms with Crippen LogP contribution in [0.15, 0.2) is 29.1 Å². The second-order valence-electron chi connectivity index (χ2n) is 5.69. The Morgan fingerprint density at radius 3 is 2.64 bits per heavy atom. The highest BCUT2D eigenvalue weighted by Crippen LogP contribution is 2.25. The first-order valence-corrected chi connectivity index (χ1v) is 8.59. The summed E-state index contributed by atoms with van der Waals surface area (Å²) < 4.78 is 6.39. The minimum Gasteiger partial charge on any atom is -0.462 e. The van der Waals surface area contributed by atoms with Gasteiger partial charge in [-0.25, -0.2) is 4.79 Å². The first kappa shape index (κ1) is 17.7. The summed E-state index contributed by atoms with van der Waals surface area (Å²) in [5.74, 6) is -0.832. The zero-order valence-electron chi connectivity index (χ0n) is 13.5. The molecule has 0 amide bonds. The van der Waals surface area contributed by atoms with Gasteiger partial charge in [0.2, 0.25) is 0 Å². The molecule has 0 unspecified atom stereocenters. The molecule has 0 bridgehead atoms. The van der Waals surface area contributed by atoms with Crippen LogP contribution in [0.4, 0.5) is 0 Å². The van der Waals surface area contributed by atoms with Crippen molar-refractivity contribution >= 4 is 35.0 Å². The van der Waals surface area contributed by atoms with E-state index in [-0.39, 0.29) is 48.6 Å². The van der Waals surface area contributed by atoms with Crippen LogP contribution in [0.5, 0.6) is 0 Å². The van der Waals surface area contributed by atoms with Crippen LogP contribution in [-0.4, -0.2) is 22.9 Å². The lowest BCUT2D eigenvalue weighted by Crippen LogP contribution is -2.27. The number of halogens is 2. The third-order valence-corrected chi connectivity index (χ3v) is 4.67. The minimum atomic E-state index is -0.607. The average Bonchev–Trinajstić information content (AvgIpc) is 2.95. The number of ketones is 1. The fourth-order valence-electron chi connectivity index (χ4n) is 2.93. The number of nitrogens with zero attached hydrogens (tertiary/aromatic N) is 1. The Morgan fingerprint density at radius 2 is 1.96 bits per heavy atom. The Bertz CT molecular complexity index is 933. The molecule has 0 radical (unpaired) electrons. The van der Waals surface area contributed by atoms with E-state index in [1.54, 1.807) is 25.1 Å². The van der Waals surface area contributed by atoms with Crippen molar-refractivity contribution in [3.05, 3.63) is 67.0 Å². The molecule has 3 rings (SSSR count). The number of Topliss-reactive ketones (excluding diaryl/α,β-unsaturated/α-hetero) is 1. The lowest BCUT2D eigenvalue weighted by molar-refractivity contribution is 0.0522. The maximum Gasteiger partial charge on any atom is 0.340 e. The highest BCUT2D eigenvalue weighted by molar-refractivity contribution is 6.35. The number of ether oxygens (including phenoxy) is 1. The van der Waals surface area contributed by atoms with Gasteiger partial charge in [-0.3, -0.25) is 9.59 Å². The lowest BCUT2D eigenvalue weighted by atomic mass is 10.0. The number of carbonyl (C=O) groups excluding carboxylic acids is 2. The monoisotopic (exact) mass is 379 g/mol. The van der Waals surface area contributed by atoms with Gasteiger partial charge in [0.05, 0.1) is 12.2 Å². The van der Waals surface area contributed by atoms with Crippen LogP contribution in [0.2, 0.25) is 10.0 Å². The molecule has 7 heteroatoms. The van der Waals surface area contributed by atoms with Gasteiger partial charge in [0, 0.05) is 35.0 Å². The molecule has 25 heavy (non-hydrogen) atoms. The second-order valence-corrected chi connectivity index (χ2v) is 6.54. The summed E-state index contributed by atoms with van der Waals surface area (Å²) in [6, 6.07) is 6.46. The molecule has 1 aliphatic rings. The van der Waals surface area contributed by atoms with Gasteiger partial charge in [-0.05, 0) is 30.7 Å². The maximum absolute atomic E-state index is 12.7. The SMILES string of the molecule is CCOC(=O)c1cc(Cc2ccc(Cl)cc2Cl)c(=O)n2c1C(=O)CC2. The van der Waals surface area contributed by atoms with Crippen LogP contribution in [-0.2, 0) is 17.7 Å². The van der Waals surface area contributed by atoms with E-state index < -0.39 is 5.97 Å². The van der Waals surface area contributed by atoms with Crippen LogP contribution in [0.25, 0.3) is 0 Å². The van der Waals surface area contributed by atoms with Crippen molar-refractivity contribution in [2.75, 3.05) is 6.61 Å². The van der Waals surface area contributed by atoms with Gasteiger partial charge >= 0.3 is 5.97 Å². The number of aromatic nitrogens is 1. The summed E-state index contributed by atoms with van der Waals surface area (Å²) in [5.41, 5.74) is 1.06. The average molecular weight is 380 g/mol. The molecule has 130 valence electrons. The van der Waals surface area contributed by atoms with E-state index in [0.29, 0.717) is 21.2 Å². The maximum atomic E-state index is 12.7. The first-order chi connectivity index (χ1) is 11.9. The number of carbonyl (C=O) groups is 2. The smallest absolute Gasteiger partial charge is 0.340 e. The number of fused-ring (bicyclic) bond motifs is 1. The molecule has 0 saturated heterocycles. The van der Waals surface area contributed by atoms with E-state index in [0.717, 1.165) is 0 Å². The molecule has 0 atom stereocenters. The van der Waals surface area contributed by atoms with Crippen LogP contribution in [0, 0.1) is 0 Å². The molecular formula is C18H15Cl2NO4. The first-order valence-electron chi connectivity index (χ1n) is 7.83. The predicted octanol–water partition coefficient (Wildman–Crippen LogP) is 3.51. The summed E-state index contributed by atoms with van der Waals surface area (Å²) in [4.78, 5) is 37.1.